The first-order chi connectivity index (χ1) is 16.5. The van der Waals surface area contributed by atoms with E-state index in [2.05, 4.69) is 21.7 Å². The van der Waals surface area contributed by atoms with Crippen LogP contribution in [0, 0.1) is 5.92 Å². The van der Waals surface area contributed by atoms with Crippen molar-refractivity contribution in [3.8, 4) is 17.3 Å². The molecule has 1 aliphatic carbocycles. The van der Waals surface area contributed by atoms with Crippen LogP contribution in [0.5, 0.6) is 5.75 Å². The average molecular weight is 462 g/mol. The first-order valence-electron chi connectivity index (χ1n) is 12.0. The zero-order valence-corrected chi connectivity index (χ0v) is 19.5. The molecular weight excluding hydrogens is 433 g/mol. The molecule has 34 heavy (non-hydrogen) atoms. The highest BCUT2D eigenvalue weighted by molar-refractivity contribution is 6.00. The molecule has 1 aliphatic heterocycles. The van der Waals surface area contributed by atoms with Gasteiger partial charge in [-0.05, 0) is 61.9 Å². The van der Waals surface area contributed by atoms with E-state index in [-0.39, 0.29) is 12.5 Å². The van der Waals surface area contributed by atoms with E-state index in [1.165, 1.54) is 12.8 Å². The summed E-state index contributed by atoms with van der Waals surface area (Å²) < 4.78 is 23.9. The standard InChI is InChI=1S/C26H28FN5O2/c1-30-23-20(11-18(13-22(23)34-2)26(33)31-10-4-6-19(27)15-31)29-25(30)21-12-17-5-3-9-28-24(17)32(21)14-16-7-8-16/h3,5,9,11-13,16,19H,4,6-8,10,14-15H2,1-2H3/t19-/m0/s1. The SMILES string of the molecule is COc1cc(C(=O)N2CCC[C@H](F)C2)cc2nc(-c3cc4cccnc4n3CC3CC3)n(C)c12. The van der Waals surface area contributed by atoms with Gasteiger partial charge >= 0.3 is 0 Å². The minimum atomic E-state index is -0.966. The molecule has 3 aromatic heterocycles. The van der Waals surface area contributed by atoms with Crippen LogP contribution in [0.1, 0.15) is 36.0 Å². The van der Waals surface area contributed by atoms with Gasteiger partial charge in [-0.25, -0.2) is 14.4 Å². The van der Waals surface area contributed by atoms with Crippen molar-refractivity contribution in [1.82, 2.24) is 24.0 Å². The zero-order chi connectivity index (χ0) is 23.4. The molecule has 1 amide bonds. The second-order valence-corrected chi connectivity index (χ2v) is 9.53. The fourth-order valence-corrected chi connectivity index (χ4v) is 5.13. The zero-order valence-electron chi connectivity index (χ0n) is 19.5. The predicted octanol–water partition coefficient (Wildman–Crippen LogP) is 4.58. The molecule has 7 nitrogen and oxygen atoms in total. The van der Waals surface area contributed by atoms with E-state index in [1.807, 2.05) is 23.9 Å². The molecule has 1 aromatic carbocycles. The number of ether oxygens (including phenoxy) is 1. The Morgan fingerprint density at radius 2 is 2.09 bits per heavy atom. The first-order valence-corrected chi connectivity index (χ1v) is 12.0. The molecule has 0 bridgehead atoms. The van der Waals surface area contributed by atoms with E-state index < -0.39 is 6.17 Å². The maximum absolute atomic E-state index is 13.9. The third-order valence-corrected chi connectivity index (χ3v) is 7.07. The van der Waals surface area contributed by atoms with E-state index >= 15 is 0 Å². The van der Waals surface area contributed by atoms with Crippen molar-refractivity contribution >= 4 is 28.0 Å². The van der Waals surface area contributed by atoms with Crippen molar-refractivity contribution in [2.45, 2.75) is 38.4 Å². The van der Waals surface area contributed by atoms with Crippen LogP contribution in [0.15, 0.2) is 36.5 Å². The lowest BCUT2D eigenvalue weighted by Crippen LogP contribution is -2.40. The maximum Gasteiger partial charge on any atom is 0.254 e. The largest absolute Gasteiger partial charge is 0.494 e. The Kier molecular flexibility index (Phi) is 5.04. The van der Waals surface area contributed by atoms with E-state index in [9.17, 15) is 9.18 Å². The summed E-state index contributed by atoms with van der Waals surface area (Å²) in [6.07, 6.45) is 4.54. The number of aryl methyl sites for hydroxylation is 1. The van der Waals surface area contributed by atoms with Gasteiger partial charge in [-0.2, -0.15) is 0 Å². The van der Waals surface area contributed by atoms with Crippen LogP contribution in [-0.4, -0.2) is 56.3 Å². The lowest BCUT2D eigenvalue weighted by atomic mass is 10.1. The molecule has 176 valence electrons. The summed E-state index contributed by atoms with van der Waals surface area (Å²) in [5, 5.41) is 1.08. The topological polar surface area (TPSA) is 65.2 Å². The molecule has 2 fully saturated rings. The number of likely N-dealkylation sites (tertiary alicyclic amines) is 1. The van der Waals surface area contributed by atoms with Crippen LogP contribution in [-0.2, 0) is 13.6 Å². The smallest absolute Gasteiger partial charge is 0.254 e. The Hall–Kier alpha value is -3.42. The average Bonchev–Trinajstić information content (AvgIpc) is 3.52. The second kappa shape index (κ2) is 8.11. The van der Waals surface area contributed by atoms with Crippen LogP contribution in [0.4, 0.5) is 4.39 Å². The number of amides is 1. The Morgan fingerprint density at radius 3 is 2.85 bits per heavy atom. The summed E-state index contributed by atoms with van der Waals surface area (Å²) in [6.45, 7) is 1.63. The summed E-state index contributed by atoms with van der Waals surface area (Å²) in [4.78, 5) is 24.4. The van der Waals surface area contributed by atoms with Crippen molar-refractivity contribution < 1.29 is 13.9 Å². The van der Waals surface area contributed by atoms with Crippen LogP contribution in [0.2, 0.25) is 0 Å². The number of alkyl halides is 1. The quantitative estimate of drug-likeness (QED) is 0.436. The highest BCUT2D eigenvalue weighted by Crippen LogP contribution is 2.37. The number of fused-ring (bicyclic) bond motifs is 2. The number of carbonyl (C=O) groups excluding carboxylic acids is 1. The van der Waals surface area contributed by atoms with E-state index in [4.69, 9.17) is 9.72 Å². The van der Waals surface area contributed by atoms with Crippen molar-refractivity contribution in [2.75, 3.05) is 20.2 Å². The molecule has 2 aliphatic rings. The number of rotatable bonds is 5. The Bertz CT molecular complexity index is 1400. The van der Waals surface area contributed by atoms with Crippen molar-refractivity contribution in [3.05, 3.63) is 42.1 Å². The van der Waals surface area contributed by atoms with Crippen molar-refractivity contribution in [1.29, 1.82) is 0 Å². The molecule has 6 rings (SSSR count). The number of carbonyl (C=O) groups is 1. The van der Waals surface area contributed by atoms with Gasteiger partial charge < -0.3 is 18.8 Å². The van der Waals surface area contributed by atoms with Crippen LogP contribution in [0.3, 0.4) is 0 Å². The van der Waals surface area contributed by atoms with E-state index in [1.54, 1.807) is 24.1 Å². The number of hydrogen-bond donors (Lipinski definition) is 0. The van der Waals surface area contributed by atoms with E-state index in [0.717, 1.165) is 34.6 Å². The van der Waals surface area contributed by atoms with Crippen LogP contribution >= 0.6 is 0 Å². The van der Waals surface area contributed by atoms with Gasteiger partial charge in [0.1, 0.15) is 23.1 Å². The number of hydrogen-bond acceptors (Lipinski definition) is 4. The lowest BCUT2D eigenvalue weighted by Gasteiger charge is -2.29. The third kappa shape index (κ3) is 3.52. The Balaban J connectivity index is 1.47. The van der Waals surface area contributed by atoms with Gasteiger partial charge in [-0.1, -0.05) is 0 Å². The van der Waals surface area contributed by atoms with Gasteiger partial charge in [-0.15, -0.1) is 0 Å². The number of piperidine rings is 1. The van der Waals surface area contributed by atoms with Gasteiger partial charge in [0.15, 0.2) is 5.82 Å². The number of aromatic nitrogens is 4. The molecule has 1 atom stereocenters. The molecule has 0 spiro atoms. The Morgan fingerprint density at radius 1 is 1.24 bits per heavy atom. The van der Waals surface area contributed by atoms with Crippen LogP contribution in [0.25, 0.3) is 33.6 Å². The van der Waals surface area contributed by atoms with Crippen molar-refractivity contribution in [3.63, 3.8) is 0 Å². The molecule has 8 heteroatoms. The first kappa shape index (κ1) is 21.1. The minimum Gasteiger partial charge on any atom is -0.494 e. The van der Waals surface area contributed by atoms with Gasteiger partial charge in [-0.3, -0.25) is 4.79 Å². The molecule has 4 aromatic rings. The maximum atomic E-state index is 13.9. The molecule has 4 heterocycles. The fourth-order valence-electron chi connectivity index (χ4n) is 5.13. The summed E-state index contributed by atoms with van der Waals surface area (Å²) in [5.41, 5.74) is 3.96. The van der Waals surface area contributed by atoms with Gasteiger partial charge in [0.2, 0.25) is 0 Å². The molecular formula is C26H28FN5O2. The summed E-state index contributed by atoms with van der Waals surface area (Å²) in [6, 6.07) is 9.72. The molecule has 1 saturated carbocycles. The third-order valence-electron chi connectivity index (χ3n) is 7.07. The normalized spacial score (nSPS) is 18.7. The highest BCUT2D eigenvalue weighted by atomic mass is 19.1. The Labute approximate surface area is 197 Å². The number of nitrogens with zero attached hydrogens (tertiary/aromatic N) is 5. The molecule has 1 saturated heterocycles. The number of pyridine rings is 1. The molecule has 0 N–H and O–H groups in total. The van der Waals surface area contributed by atoms with Gasteiger partial charge in [0.25, 0.3) is 5.91 Å². The summed E-state index contributed by atoms with van der Waals surface area (Å²) in [7, 11) is 3.57. The van der Waals surface area contributed by atoms with Crippen molar-refractivity contribution in [2.24, 2.45) is 13.0 Å². The molecule has 0 radical (unpaired) electrons. The monoisotopic (exact) mass is 461 g/mol. The second-order valence-electron chi connectivity index (χ2n) is 9.53. The number of methoxy groups -OCH3 is 1. The number of halogens is 1. The molecule has 0 unspecified atom stereocenters. The van der Waals surface area contributed by atoms with Gasteiger partial charge in [0, 0.05) is 37.3 Å². The predicted molar refractivity (Wildman–Crippen MR) is 129 cm³/mol. The highest BCUT2D eigenvalue weighted by Gasteiger charge is 2.28. The fraction of sp³-hybridized carbons (Fsp3) is 0.423. The van der Waals surface area contributed by atoms with Gasteiger partial charge in [0.05, 0.1) is 24.9 Å². The minimum absolute atomic E-state index is 0.140. The number of benzene rings is 1. The number of imidazole rings is 1. The van der Waals surface area contributed by atoms with E-state index in [0.29, 0.717) is 42.1 Å². The van der Waals surface area contributed by atoms with Crippen LogP contribution < -0.4 is 4.74 Å². The lowest BCUT2D eigenvalue weighted by molar-refractivity contribution is 0.0636. The summed E-state index contributed by atoms with van der Waals surface area (Å²) in [5.74, 6) is 1.88. The summed E-state index contributed by atoms with van der Waals surface area (Å²) >= 11 is 0.